The van der Waals surface area contributed by atoms with Gasteiger partial charge in [-0.1, -0.05) is 11.6 Å². The molecule has 140 valence electrons. The number of nitrogens with one attached hydrogen (secondary N) is 2. The Balaban J connectivity index is 2.06. The third-order valence-corrected chi connectivity index (χ3v) is 4.52. The molecule has 3 heterocycles. The summed E-state index contributed by atoms with van der Waals surface area (Å²) in [4.78, 5) is 3.64. The van der Waals surface area contributed by atoms with E-state index in [2.05, 4.69) is 25.4 Å². The van der Waals surface area contributed by atoms with Crippen LogP contribution in [-0.2, 0) is 13.2 Å². The normalized spacial score (nSPS) is 12.1. The van der Waals surface area contributed by atoms with E-state index < -0.39 is 12.0 Å². The van der Waals surface area contributed by atoms with Gasteiger partial charge in [0.25, 0.3) is 5.82 Å². The molecule has 0 aliphatic carbocycles. The van der Waals surface area contributed by atoms with Crippen LogP contribution in [-0.4, -0.2) is 37.1 Å². The van der Waals surface area contributed by atoms with Gasteiger partial charge in [-0.25, -0.2) is 4.98 Å². The van der Waals surface area contributed by atoms with Crippen LogP contribution >= 0.6 is 11.6 Å². The highest BCUT2D eigenvalue weighted by atomic mass is 35.5. The van der Waals surface area contributed by atoms with Crippen LogP contribution in [0.25, 0.3) is 33.5 Å². The van der Waals surface area contributed by atoms with Gasteiger partial charge in [-0.3, -0.25) is 10.2 Å². The average molecular weight is 397 g/mol. The second-order valence-electron chi connectivity index (χ2n) is 5.78. The lowest BCUT2D eigenvalue weighted by molar-refractivity contribution is -0.144. The van der Waals surface area contributed by atoms with Crippen LogP contribution in [0.4, 0.5) is 13.2 Å². The topological polar surface area (TPSA) is 84.4 Å². The van der Waals surface area contributed by atoms with E-state index in [-0.39, 0.29) is 5.82 Å². The summed E-state index contributed by atoms with van der Waals surface area (Å²) in [6, 6.07) is 3.41. The van der Waals surface area contributed by atoms with Crippen molar-refractivity contribution in [1.29, 1.82) is 0 Å². The van der Waals surface area contributed by atoms with Gasteiger partial charge in [-0.2, -0.15) is 18.3 Å². The van der Waals surface area contributed by atoms with Crippen molar-refractivity contribution in [1.82, 2.24) is 29.9 Å². The number of rotatable bonds is 3. The minimum Gasteiger partial charge on any atom is -0.495 e. The number of H-pyrrole nitrogens is 2. The monoisotopic (exact) mass is 396 g/mol. The molecule has 4 aromatic rings. The molecule has 0 saturated carbocycles. The van der Waals surface area contributed by atoms with Gasteiger partial charge < -0.3 is 9.30 Å². The minimum absolute atomic E-state index is 0.0210. The van der Waals surface area contributed by atoms with Crippen molar-refractivity contribution in [2.45, 2.75) is 6.18 Å². The van der Waals surface area contributed by atoms with Crippen LogP contribution in [0.1, 0.15) is 5.82 Å². The second kappa shape index (κ2) is 6.02. The molecular weight excluding hydrogens is 385 g/mol. The van der Waals surface area contributed by atoms with Crippen LogP contribution < -0.4 is 4.74 Å². The Hall–Kier alpha value is -3.01. The van der Waals surface area contributed by atoms with Crippen LogP contribution in [0.15, 0.2) is 24.5 Å². The molecule has 0 amide bonds. The van der Waals surface area contributed by atoms with E-state index in [4.69, 9.17) is 16.3 Å². The maximum atomic E-state index is 12.9. The molecule has 0 radical (unpaired) electrons. The molecule has 3 aromatic heterocycles. The van der Waals surface area contributed by atoms with Gasteiger partial charge in [-0.05, 0) is 12.1 Å². The Bertz CT molecular complexity index is 1130. The first-order chi connectivity index (χ1) is 12.8. The molecule has 0 aliphatic rings. The summed E-state index contributed by atoms with van der Waals surface area (Å²) in [7, 11) is 3.19. The molecular formula is C16H12ClF3N6O. The summed E-state index contributed by atoms with van der Waals surface area (Å²) in [5, 5.41) is 13.4. The number of fused-ring (bicyclic) bond motifs is 1. The number of methoxy groups -OCH3 is 1. The Morgan fingerprint density at radius 1 is 1.26 bits per heavy atom. The molecule has 0 bridgehead atoms. The molecule has 27 heavy (non-hydrogen) atoms. The van der Waals surface area contributed by atoms with Crippen molar-refractivity contribution in [3.05, 3.63) is 35.4 Å². The van der Waals surface area contributed by atoms with Crippen LogP contribution in [0.5, 0.6) is 5.75 Å². The van der Waals surface area contributed by atoms with Crippen molar-refractivity contribution in [2.24, 2.45) is 7.05 Å². The van der Waals surface area contributed by atoms with Crippen LogP contribution in [0.2, 0.25) is 5.02 Å². The van der Waals surface area contributed by atoms with E-state index in [0.29, 0.717) is 33.1 Å². The van der Waals surface area contributed by atoms with Crippen molar-refractivity contribution in [3.63, 3.8) is 0 Å². The number of hydrogen-bond donors (Lipinski definition) is 2. The number of nitrogens with zero attached hydrogens (tertiary/aromatic N) is 4. The van der Waals surface area contributed by atoms with Crippen molar-refractivity contribution >= 4 is 22.5 Å². The Morgan fingerprint density at radius 3 is 2.63 bits per heavy atom. The highest BCUT2D eigenvalue weighted by Gasteiger charge is 2.37. The zero-order valence-corrected chi connectivity index (χ0v) is 14.8. The zero-order valence-electron chi connectivity index (χ0n) is 14.0. The highest BCUT2D eigenvalue weighted by Crippen LogP contribution is 2.42. The van der Waals surface area contributed by atoms with Crippen molar-refractivity contribution in [2.75, 3.05) is 7.11 Å². The third-order valence-electron chi connectivity index (χ3n) is 4.22. The van der Waals surface area contributed by atoms with E-state index >= 15 is 0 Å². The Labute approximate surface area is 155 Å². The lowest BCUT2D eigenvalue weighted by Crippen LogP contribution is -2.07. The van der Waals surface area contributed by atoms with Crippen LogP contribution in [0, 0.1) is 0 Å². The van der Waals surface area contributed by atoms with Crippen molar-refractivity contribution < 1.29 is 17.9 Å². The standard InChI is InChI=1S/C16H12ClF3N6O/c1-26-10-4-9(17)11(27-2)3-8(10)12(7-5-21-22-6-7)13(26)14-23-15(25-24-14)16(18,19)20/h3-6H,1-2H3,(H,21,22)(H,23,24,25). The number of aromatic nitrogens is 6. The molecule has 4 rings (SSSR count). The maximum absolute atomic E-state index is 12.9. The Kier molecular flexibility index (Phi) is 3.88. The summed E-state index contributed by atoms with van der Waals surface area (Å²) in [6.07, 6.45) is -1.44. The molecule has 0 aliphatic heterocycles. The average Bonchev–Trinajstić information content (AvgIpc) is 3.33. The first-order valence-electron chi connectivity index (χ1n) is 7.66. The largest absolute Gasteiger partial charge is 0.495 e. The van der Waals surface area contributed by atoms with Crippen molar-refractivity contribution in [3.8, 4) is 28.4 Å². The lowest BCUT2D eigenvalue weighted by Gasteiger charge is -2.04. The lowest BCUT2D eigenvalue weighted by atomic mass is 10.0. The number of benzene rings is 1. The van der Waals surface area contributed by atoms with Gasteiger partial charge in [-0.15, -0.1) is 5.10 Å². The van der Waals surface area contributed by atoms with Gasteiger partial charge >= 0.3 is 6.18 Å². The molecule has 0 fully saturated rings. The fraction of sp³-hybridized carbons (Fsp3) is 0.188. The van der Waals surface area contributed by atoms with Gasteiger partial charge in [0.15, 0.2) is 5.82 Å². The van der Waals surface area contributed by atoms with Gasteiger partial charge in [0.05, 0.1) is 29.5 Å². The van der Waals surface area contributed by atoms with Gasteiger partial charge in [0.1, 0.15) is 5.75 Å². The second-order valence-corrected chi connectivity index (χ2v) is 6.19. The predicted molar refractivity (Wildman–Crippen MR) is 92.4 cm³/mol. The molecule has 0 unspecified atom stereocenters. The fourth-order valence-electron chi connectivity index (χ4n) is 3.04. The van der Waals surface area contributed by atoms with E-state index in [1.54, 1.807) is 36.1 Å². The molecule has 1 aromatic carbocycles. The highest BCUT2D eigenvalue weighted by molar-refractivity contribution is 6.33. The molecule has 2 N–H and O–H groups in total. The number of hydrogen-bond acceptors (Lipinski definition) is 4. The molecule has 0 saturated heterocycles. The summed E-state index contributed by atoms with van der Waals surface area (Å²) in [5.74, 6) is -0.816. The van der Waals surface area contributed by atoms with E-state index in [0.717, 1.165) is 5.39 Å². The number of alkyl halides is 3. The minimum atomic E-state index is -4.65. The summed E-state index contributed by atoms with van der Waals surface area (Å²) in [5.41, 5.74) is 2.40. The number of aryl methyl sites for hydroxylation is 1. The fourth-order valence-corrected chi connectivity index (χ4v) is 3.28. The third kappa shape index (κ3) is 2.72. The Morgan fingerprint density at radius 2 is 2.04 bits per heavy atom. The molecule has 0 atom stereocenters. The van der Waals surface area contributed by atoms with Gasteiger partial charge in [0, 0.05) is 29.8 Å². The van der Waals surface area contributed by atoms with E-state index in [1.165, 1.54) is 7.11 Å². The number of aromatic amines is 2. The SMILES string of the molecule is COc1cc2c(-c3cn[nH]c3)c(-c3nc(C(F)(F)F)n[nH]3)n(C)c2cc1Cl. The van der Waals surface area contributed by atoms with Gasteiger partial charge in [0.2, 0.25) is 0 Å². The zero-order chi connectivity index (χ0) is 19.3. The summed E-state index contributed by atoms with van der Waals surface area (Å²) < 4.78 is 45.8. The smallest absolute Gasteiger partial charge is 0.453 e. The van der Waals surface area contributed by atoms with E-state index in [9.17, 15) is 13.2 Å². The number of ether oxygens (including phenoxy) is 1. The van der Waals surface area contributed by atoms with E-state index in [1.807, 2.05) is 0 Å². The molecule has 11 heteroatoms. The quantitative estimate of drug-likeness (QED) is 0.547. The predicted octanol–water partition coefficient (Wildman–Crippen LogP) is 4.03. The first kappa shape index (κ1) is 17.4. The summed E-state index contributed by atoms with van der Waals surface area (Å²) >= 11 is 6.23. The first-order valence-corrected chi connectivity index (χ1v) is 8.04. The molecule has 7 nitrogen and oxygen atoms in total. The summed E-state index contributed by atoms with van der Waals surface area (Å²) in [6.45, 7) is 0. The number of halogens is 4. The maximum Gasteiger partial charge on any atom is 0.453 e. The van der Waals surface area contributed by atoms with Crippen LogP contribution in [0.3, 0.4) is 0 Å². The molecule has 0 spiro atoms.